The fraction of sp³-hybridized carbons (Fsp3) is 0.391. The van der Waals surface area contributed by atoms with Crippen molar-refractivity contribution in [2.75, 3.05) is 55.9 Å². The van der Waals surface area contributed by atoms with Gasteiger partial charge in [-0.2, -0.15) is 4.31 Å². The molecule has 0 aromatic heterocycles. The number of hydrogen-bond acceptors (Lipinski definition) is 7. The van der Waals surface area contributed by atoms with Gasteiger partial charge in [0.1, 0.15) is 12.3 Å². The number of sulfonamides is 1. The maximum atomic E-state index is 13.2. The fourth-order valence-electron chi connectivity index (χ4n) is 3.78. The van der Waals surface area contributed by atoms with E-state index in [1.54, 1.807) is 50.4 Å². The molecule has 1 fully saturated rings. The Balaban J connectivity index is 1.62. The number of carbonyl (C=O) groups excluding carboxylic acids is 2. The van der Waals surface area contributed by atoms with Crippen LogP contribution in [0.25, 0.3) is 0 Å². The molecule has 0 radical (unpaired) electrons. The Morgan fingerprint density at radius 2 is 1.88 bits per heavy atom. The highest BCUT2D eigenvalue weighted by Crippen LogP contribution is 2.38. The summed E-state index contributed by atoms with van der Waals surface area (Å²) in [6.45, 7) is 2.81. The van der Waals surface area contributed by atoms with Gasteiger partial charge in [0.15, 0.2) is 0 Å². The molecule has 2 amide bonds. The van der Waals surface area contributed by atoms with Gasteiger partial charge in [-0.3, -0.25) is 9.59 Å². The molecule has 0 spiro atoms. The van der Waals surface area contributed by atoms with Crippen molar-refractivity contribution in [3.63, 3.8) is 0 Å². The molecule has 2 aromatic carbocycles. The third-order valence-corrected chi connectivity index (χ3v) is 8.90. The van der Waals surface area contributed by atoms with Crippen molar-refractivity contribution < 1.29 is 27.5 Å². The number of nitrogens with zero attached hydrogens (tertiary/aromatic N) is 2. The number of methoxy groups -OCH3 is 1. The number of amides is 2. The minimum absolute atomic E-state index is 0.0941. The van der Waals surface area contributed by atoms with Crippen LogP contribution in [0, 0.1) is 5.92 Å². The number of thioether (sulfide) groups is 1. The summed E-state index contributed by atoms with van der Waals surface area (Å²) in [6, 6.07) is 11.7. The van der Waals surface area contributed by atoms with Gasteiger partial charge >= 0.3 is 0 Å². The first kappa shape index (κ1) is 24.5. The highest BCUT2D eigenvalue weighted by molar-refractivity contribution is 7.99. The smallest absolute Gasteiger partial charge is 0.244 e. The zero-order valence-electron chi connectivity index (χ0n) is 19.0. The van der Waals surface area contributed by atoms with Gasteiger partial charge < -0.3 is 19.7 Å². The molecule has 0 aliphatic carbocycles. The lowest BCUT2D eigenvalue weighted by Crippen LogP contribution is -2.42. The topological polar surface area (TPSA) is 105 Å². The lowest BCUT2D eigenvalue weighted by Gasteiger charge is -2.27. The average Bonchev–Trinajstić information content (AvgIpc) is 2.96. The fourth-order valence-corrected chi connectivity index (χ4v) is 6.26. The molecule has 0 saturated carbocycles. The molecule has 2 aromatic rings. The third kappa shape index (κ3) is 5.22. The van der Waals surface area contributed by atoms with Crippen molar-refractivity contribution in [3.05, 3.63) is 42.5 Å². The van der Waals surface area contributed by atoms with Gasteiger partial charge in [-0.1, -0.05) is 6.92 Å². The van der Waals surface area contributed by atoms with E-state index in [0.717, 1.165) is 4.90 Å². The summed E-state index contributed by atoms with van der Waals surface area (Å²) < 4.78 is 38.2. The highest BCUT2D eigenvalue weighted by Gasteiger charge is 2.32. The first-order valence-corrected chi connectivity index (χ1v) is 13.3. The second-order valence-electron chi connectivity index (χ2n) is 8.06. The van der Waals surface area contributed by atoms with Gasteiger partial charge in [-0.25, -0.2) is 8.42 Å². The van der Waals surface area contributed by atoms with Gasteiger partial charge in [0.2, 0.25) is 21.8 Å². The molecule has 1 atom stereocenters. The Morgan fingerprint density at radius 1 is 1.18 bits per heavy atom. The number of hydrogen-bond donors (Lipinski definition) is 1. The molecule has 34 heavy (non-hydrogen) atoms. The van der Waals surface area contributed by atoms with E-state index in [1.807, 2.05) is 0 Å². The summed E-state index contributed by atoms with van der Waals surface area (Å²) >= 11 is 1.48. The highest BCUT2D eigenvalue weighted by atomic mass is 32.2. The van der Waals surface area contributed by atoms with Crippen molar-refractivity contribution in [3.8, 4) is 5.75 Å². The number of anilines is 2. The molecule has 182 valence electrons. The summed E-state index contributed by atoms with van der Waals surface area (Å²) in [5, 5.41) is 2.79. The Hall–Kier alpha value is -2.60. The predicted molar refractivity (Wildman–Crippen MR) is 130 cm³/mol. The molecule has 2 aliphatic rings. The van der Waals surface area contributed by atoms with E-state index >= 15 is 0 Å². The van der Waals surface area contributed by atoms with E-state index < -0.39 is 10.0 Å². The van der Waals surface area contributed by atoms with Crippen LogP contribution in [0.15, 0.2) is 52.3 Å². The quantitative estimate of drug-likeness (QED) is 0.643. The molecule has 2 aliphatic heterocycles. The lowest BCUT2D eigenvalue weighted by molar-refractivity contribution is -0.123. The lowest BCUT2D eigenvalue weighted by atomic mass is 10.1. The van der Waals surface area contributed by atoms with Crippen molar-refractivity contribution in [1.82, 2.24) is 4.31 Å². The Morgan fingerprint density at radius 3 is 2.56 bits per heavy atom. The molecule has 0 unspecified atom stereocenters. The van der Waals surface area contributed by atoms with Crippen molar-refractivity contribution in [1.29, 1.82) is 0 Å². The number of benzene rings is 2. The first-order chi connectivity index (χ1) is 16.3. The number of nitrogens with one attached hydrogen (secondary N) is 1. The van der Waals surface area contributed by atoms with Gasteiger partial charge in [-0.15, -0.1) is 11.8 Å². The van der Waals surface area contributed by atoms with Crippen molar-refractivity contribution >= 4 is 45.0 Å². The van der Waals surface area contributed by atoms with Crippen LogP contribution in [0.5, 0.6) is 5.75 Å². The summed E-state index contributed by atoms with van der Waals surface area (Å²) in [5.74, 6) is 0.264. The molecule has 2 heterocycles. The third-order valence-electron chi connectivity index (χ3n) is 5.68. The molecule has 11 heteroatoms. The standard InChI is InChI=1S/C23H27N3O6S2/c1-16-15-33-21-8-7-19(34(29,30)25-9-11-32-12-10-25)13-20(21)26(23(16)28)14-22(27)24-17-3-5-18(31-2)6-4-17/h3-8,13,16H,9-12,14-15H2,1-2H3,(H,24,27)/t16-/m1/s1. The monoisotopic (exact) mass is 505 g/mol. The Labute approximate surface area is 203 Å². The molecular weight excluding hydrogens is 478 g/mol. The van der Waals surface area contributed by atoms with Crippen LogP contribution in [0.3, 0.4) is 0 Å². The number of fused-ring (bicyclic) bond motifs is 1. The molecule has 4 rings (SSSR count). The van der Waals surface area contributed by atoms with Gasteiger partial charge in [0.05, 0.1) is 30.9 Å². The Kier molecular flexibility index (Phi) is 7.46. The molecule has 0 bridgehead atoms. The van der Waals surface area contributed by atoms with Crippen LogP contribution in [0.2, 0.25) is 0 Å². The molecule has 1 N–H and O–H groups in total. The average molecular weight is 506 g/mol. The predicted octanol–water partition coefficient (Wildman–Crippen LogP) is 2.43. The summed E-state index contributed by atoms with van der Waals surface area (Å²) in [7, 11) is -2.19. The first-order valence-electron chi connectivity index (χ1n) is 10.9. The maximum absolute atomic E-state index is 13.2. The minimum Gasteiger partial charge on any atom is -0.497 e. The van der Waals surface area contributed by atoms with E-state index in [1.165, 1.54) is 27.0 Å². The van der Waals surface area contributed by atoms with Crippen LogP contribution >= 0.6 is 11.8 Å². The van der Waals surface area contributed by atoms with E-state index in [9.17, 15) is 18.0 Å². The van der Waals surface area contributed by atoms with E-state index in [0.29, 0.717) is 36.1 Å². The zero-order chi connectivity index (χ0) is 24.3. The number of carbonyl (C=O) groups is 2. The molecule has 1 saturated heterocycles. The summed E-state index contributed by atoms with van der Waals surface area (Å²) in [6.07, 6.45) is 0. The van der Waals surface area contributed by atoms with Gasteiger partial charge in [0, 0.05) is 35.3 Å². The second-order valence-corrected chi connectivity index (χ2v) is 11.1. The number of rotatable bonds is 6. The van der Waals surface area contributed by atoms with E-state index in [-0.39, 0.29) is 42.3 Å². The van der Waals surface area contributed by atoms with Gasteiger partial charge in [-0.05, 0) is 42.5 Å². The minimum atomic E-state index is -3.75. The van der Waals surface area contributed by atoms with E-state index in [2.05, 4.69) is 5.32 Å². The molecule has 9 nitrogen and oxygen atoms in total. The van der Waals surface area contributed by atoms with Crippen LogP contribution in [0.4, 0.5) is 11.4 Å². The Bertz CT molecular complexity index is 1160. The van der Waals surface area contributed by atoms with E-state index in [4.69, 9.17) is 9.47 Å². The number of morpholine rings is 1. The van der Waals surface area contributed by atoms with Crippen LogP contribution in [0.1, 0.15) is 6.92 Å². The molecular formula is C23H27N3O6S2. The SMILES string of the molecule is COc1ccc(NC(=O)CN2C(=O)[C@H](C)CSc3ccc(S(=O)(=O)N4CCOCC4)cc32)cc1. The van der Waals surface area contributed by atoms with Gasteiger partial charge in [0.25, 0.3) is 0 Å². The maximum Gasteiger partial charge on any atom is 0.244 e. The number of ether oxygens (including phenoxy) is 2. The van der Waals surface area contributed by atoms with Crippen molar-refractivity contribution in [2.45, 2.75) is 16.7 Å². The largest absolute Gasteiger partial charge is 0.497 e. The van der Waals surface area contributed by atoms with Crippen LogP contribution < -0.4 is 15.0 Å². The van der Waals surface area contributed by atoms with Crippen LogP contribution in [-0.4, -0.2) is 70.2 Å². The zero-order valence-corrected chi connectivity index (χ0v) is 20.7. The normalized spacial score (nSPS) is 19.3. The summed E-state index contributed by atoms with van der Waals surface area (Å²) in [5.41, 5.74) is 0.998. The van der Waals surface area contributed by atoms with Crippen LogP contribution in [-0.2, 0) is 24.3 Å². The second kappa shape index (κ2) is 10.3. The van der Waals surface area contributed by atoms with Crippen molar-refractivity contribution in [2.24, 2.45) is 5.92 Å². The summed E-state index contributed by atoms with van der Waals surface area (Å²) in [4.78, 5) is 28.3.